The molecule has 0 aliphatic carbocycles. The predicted octanol–water partition coefficient (Wildman–Crippen LogP) is 1.31. The first-order valence-electron chi connectivity index (χ1n) is 6.78. The van der Waals surface area contributed by atoms with Crippen molar-refractivity contribution in [2.75, 3.05) is 18.5 Å². The van der Waals surface area contributed by atoms with Crippen LogP contribution >= 0.6 is 11.8 Å². The van der Waals surface area contributed by atoms with Gasteiger partial charge in [-0.2, -0.15) is 15.0 Å². The van der Waals surface area contributed by atoms with Crippen molar-refractivity contribution in [3.8, 4) is 0 Å². The predicted molar refractivity (Wildman–Crippen MR) is 86.8 cm³/mol. The number of thioether (sulfide) groups is 1. The topological polar surface area (TPSA) is 111 Å². The van der Waals surface area contributed by atoms with Crippen LogP contribution in [-0.2, 0) is 11.3 Å². The molecule has 0 saturated heterocycles. The Morgan fingerprint density at radius 2 is 1.96 bits per heavy atom. The molecule has 1 aromatic carbocycles. The van der Waals surface area contributed by atoms with Crippen molar-refractivity contribution in [3.63, 3.8) is 0 Å². The van der Waals surface area contributed by atoms with Crippen LogP contribution in [0.1, 0.15) is 12.5 Å². The fourth-order valence-corrected chi connectivity index (χ4v) is 2.84. The number of anilines is 2. The number of nitrogens with zero attached hydrogens (tertiary/aromatic N) is 4. The molecule has 2 rings (SSSR count). The molecule has 1 aromatic heterocycles. The molecule has 2 aromatic rings. The molecule has 0 saturated carbocycles. The Morgan fingerprint density at radius 1 is 1.30 bits per heavy atom. The number of carbonyl (C=O) groups excluding carboxylic acids is 1. The largest absolute Gasteiger partial charge is 0.368 e. The number of amides is 1. The Kier molecular flexibility index (Phi) is 5.32. The molecule has 0 spiro atoms. The highest BCUT2D eigenvalue weighted by Gasteiger charge is 2.20. The van der Waals surface area contributed by atoms with E-state index in [2.05, 4.69) is 15.0 Å². The first-order chi connectivity index (χ1) is 10.8. The summed E-state index contributed by atoms with van der Waals surface area (Å²) in [6, 6.07) is 6.13. The maximum Gasteiger partial charge on any atom is 0.235 e. The van der Waals surface area contributed by atoms with E-state index >= 15 is 0 Å². The third kappa shape index (κ3) is 4.78. The summed E-state index contributed by atoms with van der Waals surface area (Å²) in [4.78, 5) is 25.4. The van der Waals surface area contributed by atoms with Crippen LogP contribution < -0.4 is 11.5 Å². The zero-order valence-electron chi connectivity index (χ0n) is 12.7. The van der Waals surface area contributed by atoms with Gasteiger partial charge < -0.3 is 16.4 Å². The lowest BCUT2D eigenvalue weighted by Gasteiger charge is -2.20. The summed E-state index contributed by atoms with van der Waals surface area (Å²) < 4.78 is 13.2. The van der Waals surface area contributed by atoms with E-state index < -0.39 is 5.25 Å². The van der Waals surface area contributed by atoms with Crippen LogP contribution in [0.25, 0.3) is 0 Å². The number of carbonyl (C=O) groups is 1. The summed E-state index contributed by atoms with van der Waals surface area (Å²) in [6.45, 7) is 2.04. The van der Waals surface area contributed by atoms with Gasteiger partial charge in [-0.3, -0.25) is 4.79 Å². The third-order valence-corrected chi connectivity index (χ3v) is 3.91. The van der Waals surface area contributed by atoms with Gasteiger partial charge in [0.1, 0.15) is 5.82 Å². The van der Waals surface area contributed by atoms with Gasteiger partial charge in [0.2, 0.25) is 17.8 Å². The highest BCUT2D eigenvalue weighted by atomic mass is 32.2. The monoisotopic (exact) mass is 336 g/mol. The standard InChI is InChI=1S/C14H17FN6OS/c1-8(23-14-19-12(16)18-13(17)20-14)11(22)21(2)7-9-4-3-5-10(15)6-9/h3-6,8H,7H2,1-2H3,(H4,16,17,18,19,20)/t8-/m0/s1. The second-order valence-corrected chi connectivity index (χ2v) is 6.23. The van der Waals surface area contributed by atoms with Crippen molar-refractivity contribution in [1.29, 1.82) is 0 Å². The van der Waals surface area contributed by atoms with Crippen molar-refractivity contribution < 1.29 is 9.18 Å². The lowest BCUT2D eigenvalue weighted by molar-refractivity contribution is -0.129. The summed E-state index contributed by atoms with van der Waals surface area (Å²) in [7, 11) is 1.65. The number of hydrogen-bond donors (Lipinski definition) is 2. The number of hydrogen-bond acceptors (Lipinski definition) is 7. The average Bonchev–Trinajstić information content (AvgIpc) is 2.45. The average molecular weight is 336 g/mol. The van der Waals surface area contributed by atoms with E-state index in [4.69, 9.17) is 11.5 Å². The Labute approximate surface area is 137 Å². The number of rotatable bonds is 5. The minimum atomic E-state index is -0.449. The second-order valence-electron chi connectivity index (χ2n) is 4.92. The number of nitrogen functional groups attached to an aromatic ring is 2. The quantitative estimate of drug-likeness (QED) is 0.792. The summed E-state index contributed by atoms with van der Waals surface area (Å²) >= 11 is 1.13. The van der Waals surface area contributed by atoms with Crippen molar-refractivity contribution in [2.24, 2.45) is 0 Å². The van der Waals surface area contributed by atoms with Crippen LogP contribution in [0.2, 0.25) is 0 Å². The summed E-state index contributed by atoms with van der Waals surface area (Å²) in [5.74, 6) is -0.459. The molecular weight excluding hydrogens is 319 g/mol. The minimum absolute atomic E-state index is 0.00719. The molecule has 1 heterocycles. The fraction of sp³-hybridized carbons (Fsp3) is 0.286. The van der Waals surface area contributed by atoms with Gasteiger partial charge >= 0.3 is 0 Å². The third-order valence-electron chi connectivity index (χ3n) is 2.96. The van der Waals surface area contributed by atoms with E-state index in [1.807, 2.05) is 0 Å². The van der Waals surface area contributed by atoms with Gasteiger partial charge in [-0.05, 0) is 24.6 Å². The SMILES string of the molecule is C[C@H](Sc1nc(N)nc(N)n1)C(=O)N(C)Cc1cccc(F)c1. The van der Waals surface area contributed by atoms with Crippen LogP contribution in [0.15, 0.2) is 29.4 Å². The van der Waals surface area contributed by atoms with Crippen molar-refractivity contribution in [1.82, 2.24) is 19.9 Å². The molecule has 0 aliphatic rings. The van der Waals surface area contributed by atoms with Gasteiger partial charge in [0.25, 0.3) is 0 Å². The normalized spacial score (nSPS) is 12.0. The zero-order valence-corrected chi connectivity index (χ0v) is 13.5. The molecule has 9 heteroatoms. The molecule has 122 valence electrons. The van der Waals surface area contributed by atoms with Gasteiger partial charge in [-0.15, -0.1) is 0 Å². The van der Waals surface area contributed by atoms with Crippen molar-refractivity contribution >= 4 is 29.6 Å². The van der Waals surface area contributed by atoms with Crippen molar-refractivity contribution in [2.45, 2.75) is 23.9 Å². The lowest BCUT2D eigenvalue weighted by Crippen LogP contribution is -2.33. The number of nitrogens with two attached hydrogens (primary N) is 2. The van der Waals surface area contributed by atoms with Crippen LogP contribution in [0.5, 0.6) is 0 Å². The molecule has 0 aliphatic heterocycles. The highest BCUT2D eigenvalue weighted by Crippen LogP contribution is 2.22. The first kappa shape index (κ1) is 16.9. The van der Waals surface area contributed by atoms with Crippen LogP contribution in [0.3, 0.4) is 0 Å². The number of halogens is 1. The lowest BCUT2D eigenvalue weighted by atomic mass is 10.2. The van der Waals surface area contributed by atoms with Gasteiger partial charge in [0.15, 0.2) is 5.16 Å². The maximum atomic E-state index is 13.2. The summed E-state index contributed by atoms with van der Waals surface area (Å²) in [5, 5.41) is -0.162. The summed E-state index contributed by atoms with van der Waals surface area (Å²) in [5.41, 5.74) is 11.7. The highest BCUT2D eigenvalue weighted by molar-refractivity contribution is 8.00. The van der Waals surface area contributed by atoms with Gasteiger partial charge in [-0.25, -0.2) is 4.39 Å². The van der Waals surface area contributed by atoms with E-state index in [0.717, 1.165) is 11.8 Å². The summed E-state index contributed by atoms with van der Waals surface area (Å²) in [6.07, 6.45) is 0. The van der Waals surface area contributed by atoms with E-state index in [1.54, 1.807) is 26.1 Å². The van der Waals surface area contributed by atoms with Crippen LogP contribution in [-0.4, -0.2) is 38.1 Å². The second kappa shape index (κ2) is 7.23. The van der Waals surface area contributed by atoms with E-state index in [-0.39, 0.29) is 28.8 Å². The maximum absolute atomic E-state index is 13.2. The minimum Gasteiger partial charge on any atom is -0.368 e. The van der Waals surface area contributed by atoms with Gasteiger partial charge in [0, 0.05) is 13.6 Å². The van der Waals surface area contributed by atoms with Gasteiger partial charge in [-0.1, -0.05) is 23.9 Å². The molecule has 0 unspecified atom stereocenters. The fourth-order valence-electron chi connectivity index (χ4n) is 1.95. The van der Waals surface area contributed by atoms with Crippen LogP contribution in [0.4, 0.5) is 16.3 Å². The Hall–Kier alpha value is -2.42. The Morgan fingerprint density at radius 3 is 2.57 bits per heavy atom. The zero-order chi connectivity index (χ0) is 17.0. The molecule has 1 atom stereocenters. The Bertz CT molecular complexity index is 693. The molecule has 1 amide bonds. The Balaban J connectivity index is 2.00. The molecule has 0 fully saturated rings. The molecule has 0 radical (unpaired) electrons. The van der Waals surface area contributed by atoms with Gasteiger partial charge in [0.05, 0.1) is 5.25 Å². The molecule has 0 bridgehead atoms. The number of aromatic nitrogens is 3. The van der Waals surface area contributed by atoms with E-state index in [1.165, 1.54) is 17.0 Å². The van der Waals surface area contributed by atoms with Crippen molar-refractivity contribution in [3.05, 3.63) is 35.6 Å². The molecule has 4 N–H and O–H groups in total. The smallest absolute Gasteiger partial charge is 0.235 e. The van der Waals surface area contributed by atoms with Crippen LogP contribution in [0, 0.1) is 5.82 Å². The first-order valence-corrected chi connectivity index (χ1v) is 7.66. The molecule has 7 nitrogen and oxygen atoms in total. The molecular formula is C14H17FN6OS. The van der Waals surface area contributed by atoms with E-state index in [9.17, 15) is 9.18 Å². The number of benzene rings is 1. The van der Waals surface area contributed by atoms with E-state index in [0.29, 0.717) is 12.1 Å². The molecule has 23 heavy (non-hydrogen) atoms.